The number of benzene rings is 2. The number of amides is 1. The van der Waals surface area contributed by atoms with Crippen LogP contribution in [0.2, 0.25) is 15.1 Å². The standard InChI is InChI=1S/C16H14Cl3N3O/c1-9(13-7-10(17)4-6-15(13)20)21-22(2)16(23)12-5-3-11(18)8-14(12)19/h3-8H,20H2,1-2H3/b21-9+. The van der Waals surface area contributed by atoms with Crippen LogP contribution in [-0.2, 0) is 0 Å². The van der Waals surface area contributed by atoms with Gasteiger partial charge in [-0.05, 0) is 43.3 Å². The van der Waals surface area contributed by atoms with E-state index in [1.165, 1.54) is 18.1 Å². The van der Waals surface area contributed by atoms with Crippen molar-refractivity contribution in [3.05, 3.63) is 62.6 Å². The Balaban J connectivity index is 2.30. The van der Waals surface area contributed by atoms with Gasteiger partial charge in [-0.2, -0.15) is 5.10 Å². The summed E-state index contributed by atoms with van der Waals surface area (Å²) in [4.78, 5) is 12.4. The highest BCUT2D eigenvalue weighted by Gasteiger charge is 2.16. The molecule has 0 bridgehead atoms. The van der Waals surface area contributed by atoms with Crippen molar-refractivity contribution in [2.75, 3.05) is 12.8 Å². The Hall–Kier alpha value is -1.75. The molecule has 2 N–H and O–H groups in total. The van der Waals surface area contributed by atoms with Crippen LogP contribution >= 0.6 is 34.8 Å². The largest absolute Gasteiger partial charge is 0.398 e. The van der Waals surface area contributed by atoms with Gasteiger partial charge >= 0.3 is 0 Å². The van der Waals surface area contributed by atoms with Gasteiger partial charge in [0.25, 0.3) is 5.91 Å². The highest BCUT2D eigenvalue weighted by molar-refractivity contribution is 6.36. The summed E-state index contributed by atoms with van der Waals surface area (Å²) in [7, 11) is 1.54. The molecule has 0 saturated carbocycles. The van der Waals surface area contributed by atoms with Crippen LogP contribution in [0, 0.1) is 0 Å². The molecule has 4 nitrogen and oxygen atoms in total. The van der Waals surface area contributed by atoms with Gasteiger partial charge < -0.3 is 5.73 Å². The Morgan fingerprint density at radius 3 is 2.30 bits per heavy atom. The van der Waals surface area contributed by atoms with Crippen LogP contribution in [-0.4, -0.2) is 23.7 Å². The second-order valence-corrected chi connectivity index (χ2v) is 6.15. The maximum absolute atomic E-state index is 12.4. The summed E-state index contributed by atoms with van der Waals surface area (Å²) >= 11 is 17.9. The predicted octanol–water partition coefficient (Wildman–Crippen LogP) is 4.73. The van der Waals surface area contributed by atoms with Gasteiger partial charge in [0.2, 0.25) is 0 Å². The molecule has 0 heterocycles. The molecule has 120 valence electrons. The molecular formula is C16H14Cl3N3O. The molecule has 0 aliphatic heterocycles. The molecule has 2 aromatic carbocycles. The highest BCUT2D eigenvalue weighted by atomic mass is 35.5. The van der Waals surface area contributed by atoms with Crippen molar-refractivity contribution in [3.8, 4) is 0 Å². The van der Waals surface area contributed by atoms with Crippen LogP contribution < -0.4 is 5.73 Å². The number of hydrogen-bond acceptors (Lipinski definition) is 3. The molecule has 7 heteroatoms. The van der Waals surface area contributed by atoms with E-state index in [-0.39, 0.29) is 10.9 Å². The Morgan fingerprint density at radius 2 is 1.65 bits per heavy atom. The summed E-state index contributed by atoms with van der Waals surface area (Å²) in [5, 5.41) is 6.73. The van der Waals surface area contributed by atoms with Gasteiger partial charge in [-0.25, -0.2) is 5.01 Å². The summed E-state index contributed by atoms with van der Waals surface area (Å²) in [6.45, 7) is 1.75. The first-order chi connectivity index (χ1) is 10.8. The van der Waals surface area contributed by atoms with Crippen molar-refractivity contribution in [1.82, 2.24) is 5.01 Å². The number of rotatable bonds is 3. The third-order valence-electron chi connectivity index (χ3n) is 3.16. The fourth-order valence-electron chi connectivity index (χ4n) is 2.00. The van der Waals surface area contributed by atoms with Gasteiger partial charge in [0.15, 0.2) is 0 Å². The second-order valence-electron chi connectivity index (χ2n) is 4.87. The summed E-state index contributed by atoms with van der Waals surface area (Å²) in [6.07, 6.45) is 0. The summed E-state index contributed by atoms with van der Waals surface area (Å²) < 4.78 is 0. The minimum Gasteiger partial charge on any atom is -0.398 e. The number of nitrogens with zero attached hydrogens (tertiary/aromatic N) is 2. The minimum absolute atomic E-state index is 0.268. The summed E-state index contributed by atoms with van der Waals surface area (Å²) in [5.74, 6) is -0.355. The van der Waals surface area contributed by atoms with Gasteiger partial charge in [0, 0.05) is 28.3 Å². The molecule has 0 aromatic heterocycles. The number of carbonyl (C=O) groups excluding carboxylic acids is 1. The molecule has 23 heavy (non-hydrogen) atoms. The quantitative estimate of drug-likeness (QED) is 0.482. The number of halogens is 3. The Morgan fingerprint density at radius 1 is 1.04 bits per heavy atom. The van der Waals surface area contributed by atoms with Gasteiger partial charge in [-0.3, -0.25) is 4.79 Å². The minimum atomic E-state index is -0.355. The van der Waals surface area contributed by atoms with Crippen molar-refractivity contribution < 1.29 is 4.79 Å². The van der Waals surface area contributed by atoms with Gasteiger partial charge in [0.1, 0.15) is 0 Å². The molecule has 0 aliphatic carbocycles. The lowest BCUT2D eigenvalue weighted by atomic mass is 10.1. The smallest absolute Gasteiger partial charge is 0.275 e. The first-order valence-electron chi connectivity index (χ1n) is 6.63. The Labute approximate surface area is 149 Å². The van der Waals surface area contributed by atoms with Crippen molar-refractivity contribution in [2.45, 2.75) is 6.92 Å². The highest BCUT2D eigenvalue weighted by Crippen LogP contribution is 2.23. The number of hydrogen-bond donors (Lipinski definition) is 1. The molecule has 0 unspecified atom stereocenters. The van der Waals surface area contributed by atoms with E-state index in [2.05, 4.69) is 5.10 Å². The van der Waals surface area contributed by atoms with Crippen LogP contribution in [0.15, 0.2) is 41.5 Å². The number of carbonyl (C=O) groups is 1. The van der Waals surface area contributed by atoms with Crippen LogP contribution in [0.4, 0.5) is 5.69 Å². The first-order valence-corrected chi connectivity index (χ1v) is 7.76. The van der Waals surface area contributed by atoms with E-state index in [1.807, 2.05) is 0 Å². The van der Waals surface area contributed by atoms with E-state index < -0.39 is 0 Å². The molecule has 2 aromatic rings. The van der Waals surface area contributed by atoms with Crippen molar-refractivity contribution in [1.29, 1.82) is 0 Å². The van der Waals surface area contributed by atoms with E-state index in [4.69, 9.17) is 40.5 Å². The zero-order chi connectivity index (χ0) is 17.1. The predicted molar refractivity (Wildman–Crippen MR) is 96.6 cm³/mol. The molecule has 0 saturated heterocycles. The monoisotopic (exact) mass is 369 g/mol. The van der Waals surface area contributed by atoms with Crippen molar-refractivity contribution in [3.63, 3.8) is 0 Å². The van der Waals surface area contributed by atoms with Crippen LogP contribution in [0.5, 0.6) is 0 Å². The van der Waals surface area contributed by atoms with Crippen LogP contribution in [0.25, 0.3) is 0 Å². The number of anilines is 1. The molecule has 1 amide bonds. The summed E-state index contributed by atoms with van der Waals surface area (Å²) in [6, 6.07) is 9.74. The lowest BCUT2D eigenvalue weighted by Crippen LogP contribution is -2.23. The van der Waals surface area contributed by atoms with E-state index in [9.17, 15) is 4.79 Å². The molecule has 0 spiro atoms. The molecule has 0 fully saturated rings. The lowest BCUT2D eigenvalue weighted by molar-refractivity contribution is 0.0799. The zero-order valence-corrected chi connectivity index (χ0v) is 14.7. The number of hydrazone groups is 1. The lowest BCUT2D eigenvalue weighted by Gasteiger charge is -2.15. The fraction of sp³-hybridized carbons (Fsp3) is 0.125. The summed E-state index contributed by atoms with van der Waals surface area (Å²) in [5.41, 5.74) is 7.99. The molecule has 0 atom stereocenters. The maximum Gasteiger partial charge on any atom is 0.275 e. The van der Waals surface area contributed by atoms with Crippen LogP contribution in [0.3, 0.4) is 0 Å². The normalized spacial score (nSPS) is 11.4. The third kappa shape index (κ3) is 4.16. The molecule has 0 aliphatic rings. The van der Waals surface area contributed by atoms with E-state index in [1.54, 1.807) is 37.3 Å². The van der Waals surface area contributed by atoms with Gasteiger partial charge in [-0.1, -0.05) is 34.8 Å². The van der Waals surface area contributed by atoms with E-state index in [0.29, 0.717) is 32.6 Å². The maximum atomic E-state index is 12.4. The Bertz CT molecular complexity index is 790. The molecule has 2 rings (SSSR count). The van der Waals surface area contributed by atoms with E-state index in [0.717, 1.165) is 0 Å². The molecule has 0 radical (unpaired) electrons. The zero-order valence-electron chi connectivity index (χ0n) is 12.5. The third-order valence-corrected chi connectivity index (χ3v) is 3.94. The van der Waals surface area contributed by atoms with Crippen molar-refractivity contribution in [2.24, 2.45) is 5.10 Å². The van der Waals surface area contributed by atoms with Crippen LogP contribution in [0.1, 0.15) is 22.8 Å². The molecular weight excluding hydrogens is 357 g/mol. The second kappa shape index (κ2) is 7.21. The average Bonchev–Trinajstić information content (AvgIpc) is 2.49. The topological polar surface area (TPSA) is 58.7 Å². The van der Waals surface area contributed by atoms with Gasteiger partial charge in [-0.15, -0.1) is 0 Å². The van der Waals surface area contributed by atoms with E-state index >= 15 is 0 Å². The van der Waals surface area contributed by atoms with Crippen molar-refractivity contribution >= 4 is 52.1 Å². The number of nitrogen functional groups attached to an aromatic ring is 1. The first kappa shape index (κ1) is 17.6. The Kier molecular flexibility index (Phi) is 5.52. The average molecular weight is 371 g/mol. The SMILES string of the molecule is C/C(=N\N(C)C(=O)c1ccc(Cl)cc1Cl)c1cc(Cl)ccc1N. The number of nitrogens with two attached hydrogens (primary N) is 1. The fourth-order valence-corrected chi connectivity index (χ4v) is 2.66. The van der Waals surface area contributed by atoms with Gasteiger partial charge in [0.05, 0.1) is 16.3 Å².